The van der Waals surface area contributed by atoms with Crippen molar-refractivity contribution in [1.82, 2.24) is 0 Å². The van der Waals surface area contributed by atoms with E-state index in [0.717, 1.165) is 5.84 Å². The molecule has 2 N–H and O–H groups in total. The van der Waals surface area contributed by atoms with Crippen molar-refractivity contribution in [3.05, 3.63) is 22.4 Å². The van der Waals surface area contributed by atoms with Gasteiger partial charge in [0.25, 0.3) is 0 Å². The lowest BCUT2D eigenvalue weighted by Gasteiger charge is -2.22. The van der Waals surface area contributed by atoms with E-state index in [1.165, 1.54) is 4.88 Å². The molecule has 0 radical (unpaired) electrons. The Hall–Kier alpha value is -0.830. The Balaban J connectivity index is 2.98. The van der Waals surface area contributed by atoms with E-state index in [-0.39, 0.29) is 11.5 Å². The predicted molar refractivity (Wildman–Crippen MR) is 73.0 cm³/mol. The average Bonchev–Trinajstić information content (AvgIpc) is 2.63. The van der Waals surface area contributed by atoms with Crippen molar-refractivity contribution >= 4 is 17.2 Å². The number of hydrogen-bond donors (Lipinski definition) is 1. The van der Waals surface area contributed by atoms with Crippen LogP contribution in [-0.4, -0.2) is 5.84 Å². The van der Waals surface area contributed by atoms with Crippen LogP contribution in [0.25, 0.3) is 0 Å². The summed E-state index contributed by atoms with van der Waals surface area (Å²) < 4.78 is 0. The first-order valence-corrected chi connectivity index (χ1v) is 6.57. The molecule has 0 aliphatic rings. The normalized spacial score (nSPS) is 15.5. The molecule has 1 unspecified atom stereocenters. The highest BCUT2D eigenvalue weighted by molar-refractivity contribution is 7.10. The molecule has 1 aromatic rings. The first-order chi connectivity index (χ1) is 7.32. The van der Waals surface area contributed by atoms with Gasteiger partial charge in [0.05, 0.1) is 11.9 Å². The number of rotatable bonds is 3. The van der Waals surface area contributed by atoms with Gasteiger partial charge in [-0.25, -0.2) is 0 Å². The van der Waals surface area contributed by atoms with Gasteiger partial charge in [0.2, 0.25) is 0 Å². The van der Waals surface area contributed by atoms with E-state index >= 15 is 0 Å². The Morgan fingerprint density at radius 3 is 2.38 bits per heavy atom. The lowest BCUT2D eigenvalue weighted by Crippen LogP contribution is -2.30. The van der Waals surface area contributed by atoms with E-state index in [4.69, 9.17) is 10.7 Å². The quantitative estimate of drug-likeness (QED) is 0.630. The van der Waals surface area contributed by atoms with Gasteiger partial charge in [0, 0.05) is 10.3 Å². The summed E-state index contributed by atoms with van der Waals surface area (Å²) in [5.74, 6) is 1.21. The third-order valence-electron chi connectivity index (χ3n) is 2.51. The highest BCUT2D eigenvalue weighted by Gasteiger charge is 2.21. The number of aliphatic imine (C=N–C) groups is 1. The van der Waals surface area contributed by atoms with Gasteiger partial charge >= 0.3 is 0 Å². The topological polar surface area (TPSA) is 38.4 Å². The summed E-state index contributed by atoms with van der Waals surface area (Å²) in [7, 11) is 0. The minimum absolute atomic E-state index is 0.0512. The summed E-state index contributed by atoms with van der Waals surface area (Å²) in [6.07, 6.45) is 0. The smallest absolute Gasteiger partial charge is 0.0999 e. The van der Waals surface area contributed by atoms with Crippen LogP contribution in [0.3, 0.4) is 0 Å². The van der Waals surface area contributed by atoms with Crippen LogP contribution < -0.4 is 5.73 Å². The van der Waals surface area contributed by atoms with Crippen molar-refractivity contribution in [2.24, 2.45) is 22.1 Å². The molecule has 16 heavy (non-hydrogen) atoms. The molecular formula is C13H22N2S. The van der Waals surface area contributed by atoms with E-state index < -0.39 is 0 Å². The van der Waals surface area contributed by atoms with E-state index in [1.807, 2.05) is 0 Å². The monoisotopic (exact) mass is 238 g/mol. The van der Waals surface area contributed by atoms with Gasteiger partial charge in [0.1, 0.15) is 0 Å². The molecule has 0 fully saturated rings. The second-order valence-corrected chi connectivity index (χ2v) is 6.45. The first-order valence-electron chi connectivity index (χ1n) is 5.69. The maximum atomic E-state index is 6.05. The molecule has 90 valence electrons. The van der Waals surface area contributed by atoms with Gasteiger partial charge in [-0.1, -0.05) is 40.7 Å². The zero-order valence-electron chi connectivity index (χ0n) is 10.8. The molecule has 1 aromatic heterocycles. The number of nitrogens with two attached hydrogens (primary N) is 1. The lowest BCUT2D eigenvalue weighted by atomic mass is 9.94. The zero-order valence-corrected chi connectivity index (χ0v) is 11.6. The molecule has 3 heteroatoms. The fourth-order valence-corrected chi connectivity index (χ4v) is 2.28. The van der Waals surface area contributed by atoms with Crippen LogP contribution in [0.15, 0.2) is 22.5 Å². The SMILES string of the molecule is CC(C)C(N=C(N)C(C)(C)C)c1cccs1. The molecule has 2 nitrogen and oxygen atoms in total. The van der Waals surface area contributed by atoms with Crippen LogP contribution in [0.4, 0.5) is 0 Å². The summed E-state index contributed by atoms with van der Waals surface area (Å²) in [5, 5.41) is 2.09. The number of nitrogens with zero attached hydrogens (tertiary/aromatic N) is 1. The van der Waals surface area contributed by atoms with Crippen LogP contribution in [0.2, 0.25) is 0 Å². The van der Waals surface area contributed by atoms with Gasteiger partial charge in [-0.15, -0.1) is 11.3 Å². The Labute approximate surface area is 103 Å². The number of thiophene rings is 1. The van der Waals surface area contributed by atoms with Gasteiger partial charge in [-0.05, 0) is 17.4 Å². The predicted octanol–water partition coefficient (Wildman–Crippen LogP) is 3.85. The third-order valence-corrected chi connectivity index (χ3v) is 3.46. The van der Waals surface area contributed by atoms with Crippen molar-refractivity contribution in [3.63, 3.8) is 0 Å². The molecule has 0 amide bonds. The summed E-state index contributed by atoms with van der Waals surface area (Å²) in [6.45, 7) is 10.7. The Kier molecular flexibility index (Phi) is 4.14. The molecular weight excluding hydrogens is 216 g/mol. The van der Waals surface area contributed by atoms with E-state index in [1.54, 1.807) is 11.3 Å². The number of amidine groups is 1. The highest BCUT2D eigenvalue weighted by atomic mass is 32.1. The minimum Gasteiger partial charge on any atom is -0.387 e. The van der Waals surface area contributed by atoms with Crippen molar-refractivity contribution in [1.29, 1.82) is 0 Å². The van der Waals surface area contributed by atoms with Gasteiger partial charge in [-0.3, -0.25) is 4.99 Å². The fourth-order valence-electron chi connectivity index (χ4n) is 1.34. The molecule has 1 heterocycles. The van der Waals surface area contributed by atoms with Crippen molar-refractivity contribution in [2.75, 3.05) is 0 Å². The molecule has 0 aliphatic heterocycles. The standard InChI is InChI=1S/C13H22N2S/c1-9(2)11(10-7-6-8-16-10)15-12(14)13(3,4)5/h6-9,11H,1-5H3,(H2,14,15). The summed E-state index contributed by atoms with van der Waals surface area (Å²) >= 11 is 1.75. The molecule has 0 saturated heterocycles. The second-order valence-electron chi connectivity index (χ2n) is 5.47. The van der Waals surface area contributed by atoms with Crippen LogP contribution in [0.1, 0.15) is 45.5 Å². The van der Waals surface area contributed by atoms with Gasteiger partial charge in [0.15, 0.2) is 0 Å². The van der Waals surface area contributed by atoms with E-state index in [0.29, 0.717) is 5.92 Å². The Bertz CT molecular complexity index is 345. The van der Waals surface area contributed by atoms with Crippen molar-refractivity contribution in [2.45, 2.75) is 40.7 Å². The van der Waals surface area contributed by atoms with Crippen molar-refractivity contribution < 1.29 is 0 Å². The van der Waals surface area contributed by atoms with E-state index in [2.05, 4.69) is 52.1 Å². The molecule has 0 saturated carbocycles. The van der Waals surface area contributed by atoms with Crippen LogP contribution in [0, 0.1) is 11.3 Å². The molecule has 0 aromatic carbocycles. The Morgan fingerprint density at radius 2 is 2.00 bits per heavy atom. The van der Waals surface area contributed by atoms with Crippen molar-refractivity contribution in [3.8, 4) is 0 Å². The van der Waals surface area contributed by atoms with E-state index in [9.17, 15) is 0 Å². The molecule has 0 bridgehead atoms. The molecule has 1 rings (SSSR count). The maximum Gasteiger partial charge on any atom is 0.0999 e. The van der Waals surface area contributed by atoms with Crippen LogP contribution >= 0.6 is 11.3 Å². The molecule has 0 aliphatic carbocycles. The van der Waals surface area contributed by atoms with Crippen LogP contribution in [0.5, 0.6) is 0 Å². The third kappa shape index (κ3) is 3.34. The Morgan fingerprint density at radius 1 is 1.38 bits per heavy atom. The zero-order chi connectivity index (χ0) is 12.3. The largest absolute Gasteiger partial charge is 0.387 e. The van der Waals surface area contributed by atoms with Gasteiger partial charge < -0.3 is 5.73 Å². The summed E-state index contributed by atoms with van der Waals surface area (Å²) in [6, 6.07) is 4.40. The second kappa shape index (κ2) is 5.00. The number of hydrogen-bond acceptors (Lipinski definition) is 2. The molecule has 0 spiro atoms. The maximum absolute atomic E-state index is 6.05. The summed E-state index contributed by atoms with van der Waals surface area (Å²) in [5.41, 5.74) is 6.00. The highest BCUT2D eigenvalue weighted by Crippen LogP contribution is 2.30. The minimum atomic E-state index is -0.0512. The first kappa shape index (κ1) is 13.2. The fraction of sp³-hybridized carbons (Fsp3) is 0.615. The average molecular weight is 238 g/mol. The lowest BCUT2D eigenvalue weighted by molar-refractivity contribution is 0.506. The van der Waals surface area contributed by atoms with Crippen LogP contribution in [-0.2, 0) is 0 Å². The molecule has 1 atom stereocenters. The van der Waals surface area contributed by atoms with Gasteiger partial charge in [-0.2, -0.15) is 0 Å². The summed E-state index contributed by atoms with van der Waals surface area (Å²) in [4.78, 5) is 5.99.